The van der Waals surface area contributed by atoms with E-state index in [4.69, 9.17) is 4.74 Å². The molecule has 1 fully saturated rings. The number of hydrogen-bond donors (Lipinski definition) is 1. The summed E-state index contributed by atoms with van der Waals surface area (Å²) in [6.45, 7) is 2.89. The van der Waals surface area contributed by atoms with Gasteiger partial charge in [0, 0.05) is 31.5 Å². The quantitative estimate of drug-likeness (QED) is 0.789. The predicted octanol–water partition coefficient (Wildman–Crippen LogP) is 2.33. The van der Waals surface area contributed by atoms with Crippen LogP contribution in [-0.2, 0) is 4.74 Å². The third-order valence-corrected chi connectivity index (χ3v) is 2.63. The van der Waals surface area contributed by atoms with Gasteiger partial charge in [-0.3, -0.25) is 0 Å². The molecule has 0 spiro atoms. The molecule has 1 aromatic carbocycles. The molecule has 1 aromatic rings. The average Bonchev–Trinajstić information content (AvgIpc) is 2.29. The van der Waals surface area contributed by atoms with Crippen molar-refractivity contribution in [1.29, 1.82) is 0 Å². The van der Waals surface area contributed by atoms with Crippen molar-refractivity contribution in [3.05, 3.63) is 30.3 Å². The van der Waals surface area contributed by atoms with Crippen LogP contribution in [-0.4, -0.2) is 19.8 Å². The van der Waals surface area contributed by atoms with Crippen LogP contribution in [0, 0.1) is 12.0 Å². The van der Waals surface area contributed by atoms with Gasteiger partial charge in [0.05, 0.1) is 0 Å². The first-order valence-corrected chi connectivity index (χ1v) is 5.23. The summed E-state index contributed by atoms with van der Waals surface area (Å²) in [6, 6.07) is 11.2. The number of nitrogens with one attached hydrogen (secondary N) is 1. The van der Waals surface area contributed by atoms with Gasteiger partial charge in [0.2, 0.25) is 0 Å². The molecule has 1 N–H and O–H groups in total. The highest BCUT2D eigenvalue weighted by Crippen LogP contribution is 2.15. The number of ether oxygens (including phenoxy) is 1. The second-order valence-corrected chi connectivity index (χ2v) is 3.71. The second kappa shape index (κ2) is 5.01. The van der Waals surface area contributed by atoms with E-state index in [0.29, 0.717) is 0 Å². The van der Waals surface area contributed by atoms with Gasteiger partial charge in [-0.15, -0.1) is 0 Å². The largest absolute Gasteiger partial charge is 0.384 e. The molecule has 1 saturated heterocycles. The first-order chi connectivity index (χ1) is 6.95. The van der Waals surface area contributed by atoms with Crippen LogP contribution in [0.4, 0.5) is 5.69 Å². The molecule has 0 atom stereocenters. The molecule has 75 valence electrons. The van der Waals surface area contributed by atoms with Crippen molar-refractivity contribution < 1.29 is 4.74 Å². The van der Waals surface area contributed by atoms with Crippen LogP contribution in [0.3, 0.4) is 0 Å². The van der Waals surface area contributed by atoms with Crippen molar-refractivity contribution in [1.82, 2.24) is 0 Å². The van der Waals surface area contributed by atoms with Gasteiger partial charge in [-0.1, -0.05) is 18.2 Å². The SMILES string of the molecule is [c]1ccccc1NCC1CCOCC1. The molecule has 0 saturated carbocycles. The third kappa shape index (κ3) is 2.74. The summed E-state index contributed by atoms with van der Waals surface area (Å²) >= 11 is 0. The van der Waals surface area contributed by atoms with E-state index in [1.54, 1.807) is 0 Å². The third-order valence-electron chi connectivity index (χ3n) is 2.63. The number of rotatable bonds is 3. The van der Waals surface area contributed by atoms with Crippen LogP contribution in [0.15, 0.2) is 24.3 Å². The summed E-state index contributed by atoms with van der Waals surface area (Å²) < 4.78 is 5.32. The van der Waals surface area contributed by atoms with Crippen molar-refractivity contribution in [2.45, 2.75) is 12.8 Å². The van der Waals surface area contributed by atoms with Crippen molar-refractivity contribution in [3.8, 4) is 0 Å². The molecule has 1 heterocycles. The molecular formula is C12H16NO. The van der Waals surface area contributed by atoms with E-state index in [0.717, 1.165) is 31.4 Å². The summed E-state index contributed by atoms with van der Waals surface area (Å²) in [5.41, 5.74) is 1.10. The minimum absolute atomic E-state index is 0.761. The molecular weight excluding hydrogens is 174 g/mol. The maximum atomic E-state index is 5.32. The van der Waals surface area contributed by atoms with Crippen LogP contribution < -0.4 is 5.32 Å². The van der Waals surface area contributed by atoms with E-state index < -0.39 is 0 Å². The van der Waals surface area contributed by atoms with E-state index >= 15 is 0 Å². The molecule has 1 radical (unpaired) electrons. The Morgan fingerprint density at radius 1 is 1.36 bits per heavy atom. The molecule has 0 aromatic heterocycles. The van der Waals surface area contributed by atoms with Crippen molar-refractivity contribution >= 4 is 5.69 Å². The van der Waals surface area contributed by atoms with Gasteiger partial charge in [0.15, 0.2) is 0 Å². The summed E-state index contributed by atoms with van der Waals surface area (Å²) in [4.78, 5) is 0. The Bertz CT molecular complexity index is 254. The molecule has 0 bridgehead atoms. The lowest BCUT2D eigenvalue weighted by molar-refractivity contribution is 0.0699. The zero-order chi connectivity index (χ0) is 9.64. The van der Waals surface area contributed by atoms with Crippen molar-refractivity contribution in [2.75, 3.05) is 25.1 Å². The van der Waals surface area contributed by atoms with Gasteiger partial charge < -0.3 is 10.1 Å². The normalized spacial score (nSPS) is 18.0. The molecule has 1 aliphatic heterocycles. The first-order valence-electron chi connectivity index (χ1n) is 5.23. The number of benzene rings is 1. The Labute approximate surface area is 85.3 Å². The molecule has 0 unspecified atom stereocenters. The summed E-state index contributed by atoms with van der Waals surface area (Å²) in [5.74, 6) is 0.761. The molecule has 0 amide bonds. The van der Waals surface area contributed by atoms with Gasteiger partial charge in [-0.05, 0) is 24.8 Å². The zero-order valence-electron chi connectivity index (χ0n) is 8.33. The van der Waals surface area contributed by atoms with E-state index in [9.17, 15) is 0 Å². The van der Waals surface area contributed by atoms with E-state index in [2.05, 4.69) is 17.4 Å². The van der Waals surface area contributed by atoms with Crippen LogP contribution in [0.5, 0.6) is 0 Å². The Hall–Kier alpha value is -1.02. The van der Waals surface area contributed by atoms with Gasteiger partial charge >= 0.3 is 0 Å². The summed E-state index contributed by atoms with van der Waals surface area (Å²) in [5, 5.41) is 3.40. The Kier molecular flexibility index (Phi) is 3.41. The predicted molar refractivity (Wildman–Crippen MR) is 57.3 cm³/mol. The highest BCUT2D eigenvalue weighted by Gasteiger charge is 2.12. The second-order valence-electron chi connectivity index (χ2n) is 3.71. The van der Waals surface area contributed by atoms with Crippen LogP contribution in [0.2, 0.25) is 0 Å². The Morgan fingerprint density at radius 3 is 2.93 bits per heavy atom. The fourth-order valence-electron chi connectivity index (χ4n) is 1.71. The Morgan fingerprint density at radius 2 is 2.21 bits per heavy atom. The maximum Gasteiger partial charge on any atom is 0.0469 e. The standard InChI is InChI=1S/C12H16NO/c1-2-4-12(5-3-1)13-10-11-6-8-14-9-7-11/h1-4,11,13H,6-10H2. The highest BCUT2D eigenvalue weighted by molar-refractivity contribution is 5.41. The monoisotopic (exact) mass is 190 g/mol. The number of anilines is 1. The van der Waals surface area contributed by atoms with Gasteiger partial charge in [-0.2, -0.15) is 0 Å². The summed E-state index contributed by atoms with van der Waals surface area (Å²) in [7, 11) is 0. The molecule has 2 heteroatoms. The van der Waals surface area contributed by atoms with E-state index in [1.807, 2.05) is 18.2 Å². The fraction of sp³-hybridized carbons (Fsp3) is 0.500. The topological polar surface area (TPSA) is 21.3 Å². The molecule has 0 aliphatic carbocycles. The van der Waals surface area contributed by atoms with E-state index in [1.165, 1.54) is 12.8 Å². The van der Waals surface area contributed by atoms with Gasteiger partial charge in [0.1, 0.15) is 0 Å². The Balaban J connectivity index is 1.76. The van der Waals surface area contributed by atoms with Gasteiger partial charge in [0.25, 0.3) is 0 Å². The minimum atomic E-state index is 0.761. The molecule has 1 aliphatic rings. The number of para-hydroxylation sites is 1. The average molecular weight is 190 g/mol. The van der Waals surface area contributed by atoms with Gasteiger partial charge in [-0.25, -0.2) is 0 Å². The lowest BCUT2D eigenvalue weighted by Gasteiger charge is -2.22. The summed E-state index contributed by atoms with van der Waals surface area (Å²) in [6.07, 6.45) is 2.36. The number of hydrogen-bond acceptors (Lipinski definition) is 2. The first kappa shape index (κ1) is 9.53. The highest BCUT2D eigenvalue weighted by atomic mass is 16.5. The fourth-order valence-corrected chi connectivity index (χ4v) is 1.71. The minimum Gasteiger partial charge on any atom is -0.384 e. The smallest absolute Gasteiger partial charge is 0.0469 e. The lowest BCUT2D eigenvalue weighted by atomic mass is 10.0. The van der Waals surface area contributed by atoms with Crippen LogP contribution >= 0.6 is 0 Å². The molecule has 14 heavy (non-hydrogen) atoms. The van der Waals surface area contributed by atoms with Crippen molar-refractivity contribution in [2.24, 2.45) is 5.92 Å². The maximum absolute atomic E-state index is 5.32. The van der Waals surface area contributed by atoms with E-state index in [-0.39, 0.29) is 0 Å². The molecule has 2 nitrogen and oxygen atoms in total. The van der Waals surface area contributed by atoms with Crippen LogP contribution in [0.1, 0.15) is 12.8 Å². The van der Waals surface area contributed by atoms with Crippen LogP contribution in [0.25, 0.3) is 0 Å². The van der Waals surface area contributed by atoms with Crippen molar-refractivity contribution in [3.63, 3.8) is 0 Å². The molecule has 2 rings (SSSR count). The lowest BCUT2D eigenvalue weighted by Crippen LogP contribution is -2.22. The zero-order valence-corrected chi connectivity index (χ0v) is 8.33.